The van der Waals surface area contributed by atoms with Gasteiger partial charge in [0.25, 0.3) is 5.91 Å². The van der Waals surface area contributed by atoms with Crippen molar-refractivity contribution in [2.24, 2.45) is 0 Å². The number of para-hydroxylation sites is 2. The van der Waals surface area contributed by atoms with Crippen molar-refractivity contribution in [3.8, 4) is 0 Å². The fourth-order valence-electron chi connectivity index (χ4n) is 2.35. The Kier molecular flexibility index (Phi) is 3.96. The van der Waals surface area contributed by atoms with Gasteiger partial charge >= 0.3 is 0 Å². The number of hydrogen-bond acceptors (Lipinski definition) is 3. The van der Waals surface area contributed by atoms with Gasteiger partial charge in [0.15, 0.2) is 0 Å². The summed E-state index contributed by atoms with van der Waals surface area (Å²) < 4.78 is 2.05. The number of carbonyl (C=O) groups excluding carboxylic acids is 1. The number of nitrogens with zero attached hydrogens (tertiary/aromatic N) is 3. The molecule has 2 aromatic heterocycles. The van der Waals surface area contributed by atoms with Crippen LogP contribution in [0.4, 0.5) is 0 Å². The van der Waals surface area contributed by atoms with E-state index < -0.39 is 0 Å². The zero-order valence-corrected chi connectivity index (χ0v) is 12.1. The van der Waals surface area contributed by atoms with Gasteiger partial charge in [0.05, 0.1) is 23.1 Å². The normalized spacial score (nSPS) is 10.5. The molecule has 0 saturated heterocycles. The zero-order valence-electron chi connectivity index (χ0n) is 12.1. The van der Waals surface area contributed by atoms with Gasteiger partial charge in [0.1, 0.15) is 5.82 Å². The van der Waals surface area contributed by atoms with Gasteiger partial charge in [0.2, 0.25) is 0 Å². The number of hydrogen-bond donors (Lipinski definition) is 1. The van der Waals surface area contributed by atoms with Crippen molar-refractivity contribution in [3.63, 3.8) is 0 Å². The largest absolute Gasteiger partial charge is 0.345 e. The molecule has 0 fully saturated rings. The Bertz CT molecular complexity index is 808. The first-order chi connectivity index (χ1) is 10.8. The molecular weight excluding hydrogens is 276 g/mol. The smallest absolute Gasteiger partial charge is 0.253 e. The molecule has 0 aliphatic rings. The zero-order chi connectivity index (χ0) is 15.4. The minimum Gasteiger partial charge on any atom is -0.345 e. The van der Waals surface area contributed by atoms with Crippen LogP contribution in [0.5, 0.6) is 0 Å². The van der Waals surface area contributed by atoms with Crippen LogP contribution >= 0.6 is 0 Å². The van der Waals surface area contributed by atoms with E-state index in [4.69, 9.17) is 0 Å². The van der Waals surface area contributed by atoms with Crippen molar-refractivity contribution in [3.05, 3.63) is 72.8 Å². The Morgan fingerprint density at radius 2 is 2.14 bits per heavy atom. The van der Waals surface area contributed by atoms with Crippen LogP contribution in [-0.2, 0) is 13.1 Å². The third kappa shape index (κ3) is 2.74. The van der Waals surface area contributed by atoms with E-state index in [1.165, 1.54) is 0 Å². The Hall–Kier alpha value is -2.95. The van der Waals surface area contributed by atoms with E-state index in [1.807, 2.05) is 34.9 Å². The maximum absolute atomic E-state index is 12.1. The molecule has 0 unspecified atom stereocenters. The predicted octanol–water partition coefficient (Wildman–Crippen LogP) is 2.55. The van der Waals surface area contributed by atoms with Gasteiger partial charge in [0, 0.05) is 18.9 Å². The summed E-state index contributed by atoms with van der Waals surface area (Å²) in [5.74, 6) is 0.642. The third-order valence-corrected chi connectivity index (χ3v) is 3.38. The minimum atomic E-state index is -0.162. The molecule has 2 heterocycles. The van der Waals surface area contributed by atoms with Crippen molar-refractivity contribution in [1.82, 2.24) is 19.9 Å². The van der Waals surface area contributed by atoms with Crippen LogP contribution in [0, 0.1) is 0 Å². The summed E-state index contributed by atoms with van der Waals surface area (Å²) >= 11 is 0. The summed E-state index contributed by atoms with van der Waals surface area (Å²) in [6, 6.07) is 11.4. The van der Waals surface area contributed by atoms with Crippen molar-refractivity contribution in [2.45, 2.75) is 13.1 Å². The second-order valence-electron chi connectivity index (χ2n) is 4.84. The predicted molar refractivity (Wildman–Crippen MR) is 85.3 cm³/mol. The van der Waals surface area contributed by atoms with Gasteiger partial charge in [-0.05, 0) is 24.3 Å². The summed E-state index contributed by atoms with van der Waals surface area (Å²) in [7, 11) is 0. The molecule has 0 spiro atoms. The molecule has 0 aliphatic heterocycles. The highest BCUT2D eigenvalue weighted by Gasteiger charge is 2.11. The lowest BCUT2D eigenvalue weighted by Gasteiger charge is -2.08. The Morgan fingerprint density at radius 3 is 2.91 bits per heavy atom. The van der Waals surface area contributed by atoms with E-state index in [1.54, 1.807) is 24.5 Å². The lowest BCUT2D eigenvalue weighted by molar-refractivity contribution is 0.0949. The molecule has 22 heavy (non-hydrogen) atoms. The lowest BCUT2D eigenvalue weighted by atomic mass is 10.3. The number of amides is 1. The van der Waals surface area contributed by atoms with Gasteiger partial charge in [-0.15, -0.1) is 6.58 Å². The maximum atomic E-state index is 12.1. The molecule has 110 valence electrons. The molecule has 0 aliphatic carbocycles. The molecule has 0 radical (unpaired) electrons. The number of allylic oxidation sites excluding steroid dienone is 1. The number of fused-ring (bicyclic) bond motifs is 1. The highest BCUT2D eigenvalue weighted by Crippen LogP contribution is 2.16. The van der Waals surface area contributed by atoms with Gasteiger partial charge in [-0.2, -0.15) is 0 Å². The number of pyridine rings is 1. The number of benzene rings is 1. The van der Waals surface area contributed by atoms with Crippen LogP contribution in [0.25, 0.3) is 11.0 Å². The topological polar surface area (TPSA) is 59.8 Å². The average Bonchev–Trinajstić information content (AvgIpc) is 2.92. The highest BCUT2D eigenvalue weighted by atomic mass is 16.1. The molecule has 1 N–H and O–H groups in total. The monoisotopic (exact) mass is 292 g/mol. The minimum absolute atomic E-state index is 0.162. The lowest BCUT2D eigenvalue weighted by Crippen LogP contribution is -2.24. The van der Waals surface area contributed by atoms with E-state index in [2.05, 4.69) is 21.9 Å². The van der Waals surface area contributed by atoms with Crippen LogP contribution in [0.1, 0.15) is 16.2 Å². The second kappa shape index (κ2) is 6.22. The van der Waals surface area contributed by atoms with Crippen molar-refractivity contribution < 1.29 is 4.79 Å². The maximum Gasteiger partial charge on any atom is 0.253 e. The number of aromatic nitrogens is 3. The van der Waals surface area contributed by atoms with Crippen LogP contribution in [-0.4, -0.2) is 20.4 Å². The third-order valence-electron chi connectivity index (χ3n) is 3.38. The number of rotatable bonds is 5. The molecule has 3 rings (SSSR count). The first-order valence-corrected chi connectivity index (χ1v) is 7.03. The Morgan fingerprint density at radius 1 is 1.27 bits per heavy atom. The first-order valence-electron chi connectivity index (χ1n) is 7.03. The summed E-state index contributed by atoms with van der Waals surface area (Å²) in [5, 5.41) is 2.88. The first kappa shape index (κ1) is 14.0. The van der Waals surface area contributed by atoms with Crippen molar-refractivity contribution in [2.75, 3.05) is 0 Å². The molecule has 0 bridgehead atoms. The van der Waals surface area contributed by atoms with Gasteiger partial charge in [-0.25, -0.2) is 4.98 Å². The van der Waals surface area contributed by atoms with Crippen LogP contribution in [0.2, 0.25) is 0 Å². The molecule has 0 saturated carbocycles. The average molecular weight is 292 g/mol. The Balaban J connectivity index is 1.83. The summed E-state index contributed by atoms with van der Waals surface area (Å²) in [6.07, 6.45) is 5.00. The van der Waals surface area contributed by atoms with Gasteiger partial charge < -0.3 is 9.88 Å². The quantitative estimate of drug-likeness (QED) is 0.735. The van der Waals surface area contributed by atoms with Crippen molar-refractivity contribution >= 4 is 16.9 Å². The standard InChI is InChI=1S/C17H16N4O/c1-2-10-21-15-8-4-3-7-14(15)20-16(21)12-19-17(22)13-6-5-9-18-11-13/h2-9,11H,1,10,12H2,(H,19,22). The number of imidazole rings is 1. The summed E-state index contributed by atoms with van der Waals surface area (Å²) in [5.41, 5.74) is 2.48. The molecule has 3 aromatic rings. The SMILES string of the molecule is C=CCn1c(CNC(=O)c2cccnc2)nc2ccccc21. The fourth-order valence-corrected chi connectivity index (χ4v) is 2.35. The molecule has 1 amide bonds. The highest BCUT2D eigenvalue weighted by molar-refractivity contribution is 5.93. The number of carbonyl (C=O) groups is 1. The van der Waals surface area contributed by atoms with Crippen LogP contribution in [0.3, 0.4) is 0 Å². The van der Waals surface area contributed by atoms with Gasteiger partial charge in [-0.1, -0.05) is 18.2 Å². The van der Waals surface area contributed by atoms with E-state index in [0.29, 0.717) is 18.7 Å². The van der Waals surface area contributed by atoms with Crippen molar-refractivity contribution in [1.29, 1.82) is 0 Å². The second-order valence-corrected chi connectivity index (χ2v) is 4.84. The fraction of sp³-hybridized carbons (Fsp3) is 0.118. The van der Waals surface area contributed by atoms with E-state index in [0.717, 1.165) is 16.9 Å². The molecular formula is C17H16N4O. The number of nitrogens with one attached hydrogen (secondary N) is 1. The van der Waals surface area contributed by atoms with E-state index >= 15 is 0 Å². The Labute approximate surface area is 128 Å². The van der Waals surface area contributed by atoms with Crippen LogP contribution in [0.15, 0.2) is 61.4 Å². The van der Waals surface area contributed by atoms with E-state index in [-0.39, 0.29) is 5.91 Å². The summed E-state index contributed by atoms with van der Waals surface area (Å²) in [4.78, 5) is 20.6. The molecule has 1 aromatic carbocycles. The van der Waals surface area contributed by atoms with Crippen LogP contribution < -0.4 is 5.32 Å². The molecule has 5 nitrogen and oxygen atoms in total. The molecule has 5 heteroatoms. The van der Waals surface area contributed by atoms with Gasteiger partial charge in [-0.3, -0.25) is 9.78 Å². The van der Waals surface area contributed by atoms with E-state index in [9.17, 15) is 4.79 Å². The molecule has 0 atom stereocenters. The summed E-state index contributed by atoms with van der Waals surface area (Å²) in [6.45, 7) is 4.79.